The second-order valence-corrected chi connectivity index (χ2v) is 3.08. The molecule has 1 aromatic carbocycles. The Kier molecular flexibility index (Phi) is 4.63. The Balaban J connectivity index is 2.73. The second-order valence-electron chi connectivity index (χ2n) is 3.08. The maximum absolute atomic E-state index is 11.1. The van der Waals surface area contributed by atoms with Crippen LogP contribution in [0.3, 0.4) is 0 Å². The van der Waals surface area contributed by atoms with Crippen molar-refractivity contribution in [2.45, 2.75) is 19.8 Å². The monoisotopic (exact) mass is 210 g/mol. The molecule has 0 aliphatic rings. The van der Waals surface area contributed by atoms with Gasteiger partial charge in [-0.05, 0) is 18.6 Å². The molecule has 0 unspecified atom stereocenters. The van der Waals surface area contributed by atoms with Gasteiger partial charge in [0.05, 0.1) is 6.61 Å². The van der Waals surface area contributed by atoms with Crippen LogP contribution in [-0.2, 0) is 4.89 Å². The molecule has 0 atom stereocenters. The Bertz CT molecular complexity index is 322. The number of para-hydroxylation sites is 1. The molecule has 0 saturated heterocycles. The third kappa shape index (κ3) is 3.25. The summed E-state index contributed by atoms with van der Waals surface area (Å²) in [4.78, 5) is 14.8. The smallest absolute Gasteiger partial charge is 0.376 e. The van der Waals surface area contributed by atoms with Crippen LogP contribution in [0, 0.1) is 0 Å². The van der Waals surface area contributed by atoms with Crippen molar-refractivity contribution in [2.75, 3.05) is 6.61 Å². The van der Waals surface area contributed by atoms with E-state index in [4.69, 9.17) is 9.99 Å². The largest absolute Gasteiger partial charge is 0.493 e. The molecule has 0 radical (unpaired) electrons. The topological polar surface area (TPSA) is 55.8 Å². The zero-order valence-electron chi connectivity index (χ0n) is 8.60. The zero-order chi connectivity index (χ0) is 11.1. The maximum Gasteiger partial charge on any atom is 0.376 e. The van der Waals surface area contributed by atoms with Crippen LogP contribution < -0.4 is 4.74 Å². The van der Waals surface area contributed by atoms with Gasteiger partial charge in [0.25, 0.3) is 0 Å². The van der Waals surface area contributed by atoms with Crippen LogP contribution in [0.5, 0.6) is 5.75 Å². The van der Waals surface area contributed by atoms with Crippen molar-refractivity contribution >= 4 is 5.97 Å². The first-order valence-corrected chi connectivity index (χ1v) is 4.87. The molecule has 1 aromatic rings. The molecule has 0 fully saturated rings. The predicted molar refractivity (Wildman–Crippen MR) is 54.9 cm³/mol. The van der Waals surface area contributed by atoms with E-state index in [1.807, 2.05) is 0 Å². The van der Waals surface area contributed by atoms with Crippen LogP contribution in [0.25, 0.3) is 0 Å². The van der Waals surface area contributed by atoms with E-state index in [2.05, 4.69) is 11.8 Å². The molecule has 0 aliphatic carbocycles. The van der Waals surface area contributed by atoms with Gasteiger partial charge in [-0.3, -0.25) is 4.89 Å². The van der Waals surface area contributed by atoms with Crippen molar-refractivity contribution in [1.82, 2.24) is 0 Å². The van der Waals surface area contributed by atoms with E-state index >= 15 is 0 Å². The fourth-order valence-electron chi connectivity index (χ4n) is 1.14. The summed E-state index contributed by atoms with van der Waals surface area (Å²) in [6, 6.07) is 6.65. The van der Waals surface area contributed by atoms with Crippen molar-refractivity contribution < 1.29 is 19.7 Å². The normalized spacial score (nSPS) is 9.73. The maximum atomic E-state index is 11.1. The van der Waals surface area contributed by atoms with E-state index in [0.717, 1.165) is 12.8 Å². The van der Waals surface area contributed by atoms with Gasteiger partial charge in [-0.1, -0.05) is 25.5 Å². The summed E-state index contributed by atoms with van der Waals surface area (Å²) in [5.41, 5.74) is 0.233. The Morgan fingerprint density at radius 2 is 2.13 bits per heavy atom. The first kappa shape index (κ1) is 11.5. The van der Waals surface area contributed by atoms with Crippen LogP contribution in [0.1, 0.15) is 30.1 Å². The van der Waals surface area contributed by atoms with Gasteiger partial charge < -0.3 is 4.74 Å². The predicted octanol–water partition coefficient (Wildman–Crippen LogP) is 2.50. The fourth-order valence-corrected chi connectivity index (χ4v) is 1.14. The number of carbonyl (C=O) groups is 1. The standard InChI is InChI=1S/C11H14O4/c1-2-3-8-14-10-7-5-4-6-9(10)11(12)15-13/h4-7,13H,2-3,8H2,1H3. The number of rotatable bonds is 5. The molecule has 82 valence electrons. The molecule has 0 heterocycles. The van der Waals surface area contributed by atoms with E-state index in [0.29, 0.717) is 12.4 Å². The summed E-state index contributed by atoms with van der Waals surface area (Å²) in [7, 11) is 0. The SMILES string of the molecule is CCCCOc1ccccc1C(=O)OO. The molecule has 0 aliphatic heterocycles. The summed E-state index contributed by atoms with van der Waals surface area (Å²) < 4.78 is 5.39. The molecule has 4 heteroatoms. The molecule has 0 bridgehead atoms. The molecular formula is C11H14O4. The molecule has 1 rings (SSSR count). The lowest BCUT2D eigenvalue weighted by molar-refractivity contribution is -0.183. The van der Waals surface area contributed by atoms with Crippen molar-refractivity contribution in [3.8, 4) is 5.75 Å². The Morgan fingerprint density at radius 1 is 1.40 bits per heavy atom. The highest BCUT2D eigenvalue weighted by Crippen LogP contribution is 2.18. The van der Waals surface area contributed by atoms with E-state index in [-0.39, 0.29) is 5.56 Å². The highest BCUT2D eigenvalue weighted by Gasteiger charge is 2.12. The Morgan fingerprint density at radius 3 is 2.80 bits per heavy atom. The highest BCUT2D eigenvalue weighted by molar-refractivity contribution is 5.91. The van der Waals surface area contributed by atoms with Gasteiger partial charge >= 0.3 is 5.97 Å². The van der Waals surface area contributed by atoms with Gasteiger partial charge in [0, 0.05) is 0 Å². The minimum atomic E-state index is -0.804. The van der Waals surface area contributed by atoms with Gasteiger partial charge in [0.1, 0.15) is 11.3 Å². The molecule has 0 amide bonds. The van der Waals surface area contributed by atoms with Gasteiger partial charge in [0.15, 0.2) is 0 Å². The van der Waals surface area contributed by atoms with Crippen molar-refractivity contribution in [2.24, 2.45) is 0 Å². The van der Waals surface area contributed by atoms with Gasteiger partial charge in [-0.25, -0.2) is 4.79 Å². The number of hydrogen-bond donors (Lipinski definition) is 1. The lowest BCUT2D eigenvalue weighted by Crippen LogP contribution is -2.06. The Hall–Kier alpha value is -1.55. The molecule has 0 aromatic heterocycles. The molecular weight excluding hydrogens is 196 g/mol. The van der Waals surface area contributed by atoms with Crippen LogP contribution in [0.4, 0.5) is 0 Å². The van der Waals surface area contributed by atoms with Gasteiger partial charge in [-0.15, -0.1) is 0 Å². The minimum absolute atomic E-state index is 0.233. The molecule has 15 heavy (non-hydrogen) atoms. The lowest BCUT2D eigenvalue weighted by atomic mass is 10.2. The van der Waals surface area contributed by atoms with Gasteiger partial charge in [0.2, 0.25) is 0 Å². The molecule has 4 nitrogen and oxygen atoms in total. The van der Waals surface area contributed by atoms with Crippen LogP contribution in [0.2, 0.25) is 0 Å². The zero-order valence-corrected chi connectivity index (χ0v) is 8.60. The molecule has 0 saturated carbocycles. The summed E-state index contributed by atoms with van der Waals surface area (Å²) in [5.74, 6) is -0.368. The van der Waals surface area contributed by atoms with Gasteiger partial charge in [-0.2, -0.15) is 5.26 Å². The fraction of sp³-hybridized carbons (Fsp3) is 0.364. The van der Waals surface area contributed by atoms with E-state index in [9.17, 15) is 4.79 Å². The second kappa shape index (κ2) is 6.03. The number of benzene rings is 1. The summed E-state index contributed by atoms with van der Waals surface area (Å²) in [6.07, 6.45) is 1.94. The van der Waals surface area contributed by atoms with Crippen molar-refractivity contribution in [3.63, 3.8) is 0 Å². The van der Waals surface area contributed by atoms with Crippen LogP contribution >= 0.6 is 0 Å². The van der Waals surface area contributed by atoms with Crippen molar-refractivity contribution in [1.29, 1.82) is 0 Å². The summed E-state index contributed by atoms with van der Waals surface area (Å²) in [6.45, 7) is 2.60. The quantitative estimate of drug-likeness (QED) is 0.461. The summed E-state index contributed by atoms with van der Waals surface area (Å²) >= 11 is 0. The van der Waals surface area contributed by atoms with Crippen LogP contribution in [0.15, 0.2) is 24.3 Å². The average molecular weight is 210 g/mol. The summed E-state index contributed by atoms with van der Waals surface area (Å²) in [5, 5.41) is 8.28. The first-order chi connectivity index (χ1) is 7.29. The minimum Gasteiger partial charge on any atom is -0.493 e. The number of hydrogen-bond acceptors (Lipinski definition) is 4. The molecule has 0 spiro atoms. The number of ether oxygens (including phenoxy) is 1. The van der Waals surface area contributed by atoms with E-state index in [1.54, 1.807) is 24.3 Å². The number of unbranched alkanes of at least 4 members (excludes halogenated alkanes) is 1. The van der Waals surface area contributed by atoms with Crippen molar-refractivity contribution in [3.05, 3.63) is 29.8 Å². The van der Waals surface area contributed by atoms with Crippen LogP contribution in [-0.4, -0.2) is 17.8 Å². The van der Waals surface area contributed by atoms with E-state index in [1.165, 1.54) is 0 Å². The lowest BCUT2D eigenvalue weighted by Gasteiger charge is -2.08. The third-order valence-corrected chi connectivity index (χ3v) is 1.95. The molecule has 1 N–H and O–H groups in total. The van der Waals surface area contributed by atoms with E-state index < -0.39 is 5.97 Å². The average Bonchev–Trinajstić information content (AvgIpc) is 2.29. The first-order valence-electron chi connectivity index (χ1n) is 4.87. The Labute approximate surface area is 88.4 Å². The third-order valence-electron chi connectivity index (χ3n) is 1.95. The highest BCUT2D eigenvalue weighted by atomic mass is 17.1. The number of carbonyl (C=O) groups excluding carboxylic acids is 1.